The number of pyridine rings is 1. The Kier molecular flexibility index (Phi) is 6.81. The van der Waals surface area contributed by atoms with Crippen molar-refractivity contribution in [2.45, 2.75) is 26.4 Å². The van der Waals surface area contributed by atoms with Crippen LogP contribution in [-0.4, -0.2) is 33.1 Å². The van der Waals surface area contributed by atoms with Crippen molar-refractivity contribution in [1.29, 1.82) is 0 Å². The Morgan fingerprint density at radius 3 is 2.54 bits per heavy atom. The lowest BCUT2D eigenvalue weighted by molar-refractivity contribution is 0.0902. The number of rotatable bonds is 8. The fourth-order valence-corrected chi connectivity index (χ4v) is 3.60. The molecule has 3 N–H and O–H groups in total. The number of carbonyl (C=O) groups is 1. The smallest absolute Gasteiger partial charge is 0.323 e. The zero-order valence-corrected chi connectivity index (χ0v) is 19.1. The lowest BCUT2D eigenvalue weighted by Crippen LogP contribution is -2.44. The first-order chi connectivity index (χ1) is 16.7. The summed E-state index contributed by atoms with van der Waals surface area (Å²) in [6, 6.07) is 11.0. The van der Waals surface area contributed by atoms with E-state index in [0.29, 0.717) is 22.3 Å². The maximum atomic E-state index is 13.5. The normalized spacial score (nSPS) is 12.1. The van der Waals surface area contributed by atoms with Crippen molar-refractivity contribution in [2.75, 3.05) is 6.61 Å². The van der Waals surface area contributed by atoms with Crippen LogP contribution in [0.4, 0.5) is 8.78 Å². The van der Waals surface area contributed by atoms with Gasteiger partial charge in [0.1, 0.15) is 17.9 Å². The van der Waals surface area contributed by atoms with E-state index in [9.17, 15) is 23.2 Å². The Bertz CT molecular complexity index is 1490. The largest absolute Gasteiger partial charge is 0.491 e. The van der Waals surface area contributed by atoms with Crippen molar-refractivity contribution in [3.05, 3.63) is 98.3 Å². The van der Waals surface area contributed by atoms with Gasteiger partial charge in [-0.25, -0.2) is 13.6 Å². The minimum Gasteiger partial charge on any atom is -0.491 e. The number of nitrogens with one attached hydrogen (secondary N) is 3. The van der Waals surface area contributed by atoms with E-state index < -0.39 is 29.1 Å². The average molecular weight is 482 g/mol. The van der Waals surface area contributed by atoms with Gasteiger partial charge in [-0.15, -0.1) is 0 Å². The lowest BCUT2D eigenvalue weighted by atomic mass is 10.0. The van der Waals surface area contributed by atoms with E-state index in [0.717, 1.165) is 12.1 Å². The highest BCUT2D eigenvalue weighted by Gasteiger charge is 2.21. The number of aromatic amines is 2. The summed E-state index contributed by atoms with van der Waals surface area (Å²) in [5.41, 5.74) is 0.690. The van der Waals surface area contributed by atoms with Crippen LogP contribution in [0.5, 0.6) is 5.75 Å². The Hall–Kier alpha value is -4.21. The van der Waals surface area contributed by atoms with Crippen LogP contribution in [0.25, 0.3) is 11.0 Å². The fourth-order valence-electron chi connectivity index (χ4n) is 3.60. The topological polar surface area (TPSA) is 109 Å². The van der Waals surface area contributed by atoms with Gasteiger partial charge in [0.15, 0.2) is 11.6 Å². The van der Waals surface area contributed by atoms with Crippen LogP contribution in [0, 0.1) is 17.6 Å². The number of benzene rings is 2. The van der Waals surface area contributed by atoms with Crippen molar-refractivity contribution in [2.24, 2.45) is 5.92 Å². The van der Waals surface area contributed by atoms with Crippen LogP contribution in [0.1, 0.15) is 29.8 Å². The molecule has 1 amide bonds. The van der Waals surface area contributed by atoms with Crippen molar-refractivity contribution in [1.82, 2.24) is 19.9 Å². The van der Waals surface area contributed by atoms with Gasteiger partial charge in [0.05, 0.1) is 23.6 Å². The van der Waals surface area contributed by atoms with Gasteiger partial charge < -0.3 is 24.6 Å². The minimum atomic E-state index is -1.01. The molecule has 0 fully saturated rings. The lowest BCUT2D eigenvalue weighted by Gasteiger charge is -2.23. The van der Waals surface area contributed by atoms with Gasteiger partial charge >= 0.3 is 5.69 Å². The molecule has 0 aliphatic heterocycles. The van der Waals surface area contributed by atoms with Crippen molar-refractivity contribution in [3.63, 3.8) is 0 Å². The number of amides is 1. The molecule has 0 saturated heterocycles. The SMILES string of the molecule is CC(C)C(COc1ccc2[nH]c(=O)[nH]c2c1)NC(=O)c1cccn(Cc2ccc(F)c(F)c2)c1=O. The molecule has 0 aliphatic rings. The third kappa shape index (κ3) is 5.48. The summed E-state index contributed by atoms with van der Waals surface area (Å²) in [7, 11) is 0. The molecule has 2 aromatic carbocycles. The van der Waals surface area contributed by atoms with E-state index in [4.69, 9.17) is 4.74 Å². The highest BCUT2D eigenvalue weighted by Crippen LogP contribution is 2.18. The quantitative estimate of drug-likeness (QED) is 0.358. The summed E-state index contributed by atoms with van der Waals surface area (Å²) in [6.45, 7) is 3.94. The summed E-state index contributed by atoms with van der Waals surface area (Å²) in [4.78, 5) is 42.6. The number of hydrogen-bond acceptors (Lipinski definition) is 4. The molecule has 0 radical (unpaired) electrons. The number of aromatic nitrogens is 3. The zero-order valence-electron chi connectivity index (χ0n) is 19.1. The molecule has 0 saturated carbocycles. The van der Waals surface area contributed by atoms with Gasteiger partial charge in [-0.05, 0) is 47.9 Å². The van der Waals surface area contributed by atoms with Crippen LogP contribution >= 0.6 is 0 Å². The van der Waals surface area contributed by atoms with Gasteiger partial charge in [0, 0.05) is 12.3 Å². The first kappa shape index (κ1) is 23.9. The van der Waals surface area contributed by atoms with Crippen molar-refractivity contribution >= 4 is 16.9 Å². The Balaban J connectivity index is 1.47. The molecule has 0 aliphatic carbocycles. The monoisotopic (exact) mass is 482 g/mol. The number of H-pyrrole nitrogens is 2. The number of hydrogen-bond donors (Lipinski definition) is 3. The first-order valence-electron chi connectivity index (χ1n) is 11.0. The number of imidazole rings is 1. The van der Waals surface area contributed by atoms with Crippen LogP contribution in [0.2, 0.25) is 0 Å². The molecule has 2 aromatic heterocycles. The van der Waals surface area contributed by atoms with Crippen molar-refractivity contribution < 1.29 is 18.3 Å². The molecule has 1 atom stereocenters. The predicted octanol–water partition coefficient (Wildman–Crippen LogP) is 3.18. The molecular weight excluding hydrogens is 458 g/mol. The second kappa shape index (κ2) is 9.96. The van der Waals surface area contributed by atoms with E-state index in [1.165, 1.54) is 22.9 Å². The Morgan fingerprint density at radius 2 is 1.80 bits per heavy atom. The summed E-state index contributed by atoms with van der Waals surface area (Å²) in [5.74, 6) is -2.05. The van der Waals surface area contributed by atoms with Gasteiger partial charge in [0.25, 0.3) is 11.5 Å². The predicted molar refractivity (Wildman–Crippen MR) is 127 cm³/mol. The van der Waals surface area contributed by atoms with Gasteiger partial charge in [-0.3, -0.25) is 9.59 Å². The summed E-state index contributed by atoms with van der Waals surface area (Å²) < 4.78 is 33.8. The molecular formula is C25H24F2N4O4. The standard InChI is InChI=1S/C25H24F2N4O4/c1-14(2)22(13-35-16-6-8-20-21(11-16)30-25(34)29-20)28-23(32)17-4-3-9-31(24(17)33)12-15-5-7-18(26)19(27)10-15/h3-11,14,22H,12-13H2,1-2H3,(H,28,32)(H2,29,30,34). The Labute approximate surface area is 198 Å². The average Bonchev–Trinajstić information content (AvgIpc) is 3.19. The van der Waals surface area contributed by atoms with E-state index in [1.807, 2.05) is 13.8 Å². The molecule has 8 nitrogen and oxygen atoms in total. The third-order valence-corrected chi connectivity index (χ3v) is 5.64. The number of carbonyl (C=O) groups excluding carboxylic acids is 1. The highest BCUT2D eigenvalue weighted by molar-refractivity contribution is 5.94. The van der Waals surface area contributed by atoms with Crippen LogP contribution in [-0.2, 0) is 6.54 Å². The van der Waals surface area contributed by atoms with Gasteiger partial charge in [-0.2, -0.15) is 0 Å². The zero-order chi connectivity index (χ0) is 25.1. The molecule has 0 spiro atoms. The minimum absolute atomic E-state index is 0.0112. The van der Waals surface area contributed by atoms with E-state index in [-0.39, 0.29) is 30.3 Å². The first-order valence-corrected chi connectivity index (χ1v) is 11.0. The molecule has 4 rings (SSSR count). The van der Waals surface area contributed by atoms with Crippen LogP contribution < -0.4 is 21.3 Å². The highest BCUT2D eigenvalue weighted by atomic mass is 19.2. The molecule has 35 heavy (non-hydrogen) atoms. The number of ether oxygens (including phenoxy) is 1. The molecule has 10 heteroatoms. The maximum Gasteiger partial charge on any atom is 0.323 e. The van der Waals surface area contributed by atoms with Crippen molar-refractivity contribution in [3.8, 4) is 5.75 Å². The number of halogens is 2. The second-order valence-corrected chi connectivity index (χ2v) is 8.52. The fraction of sp³-hybridized carbons (Fsp3) is 0.240. The maximum absolute atomic E-state index is 13.5. The Morgan fingerprint density at radius 1 is 1.03 bits per heavy atom. The van der Waals surface area contributed by atoms with Crippen LogP contribution in [0.3, 0.4) is 0 Å². The summed E-state index contributed by atoms with van der Waals surface area (Å²) in [5, 5.41) is 2.84. The third-order valence-electron chi connectivity index (χ3n) is 5.64. The number of nitrogens with zero attached hydrogens (tertiary/aromatic N) is 1. The molecule has 4 aromatic rings. The molecule has 1 unspecified atom stereocenters. The number of fused-ring (bicyclic) bond motifs is 1. The van der Waals surface area contributed by atoms with Crippen LogP contribution in [0.15, 0.2) is 64.3 Å². The van der Waals surface area contributed by atoms with E-state index >= 15 is 0 Å². The van der Waals surface area contributed by atoms with Gasteiger partial charge in [0.2, 0.25) is 0 Å². The second-order valence-electron chi connectivity index (χ2n) is 8.52. The molecule has 0 bridgehead atoms. The van der Waals surface area contributed by atoms with Gasteiger partial charge in [-0.1, -0.05) is 19.9 Å². The molecule has 2 heterocycles. The summed E-state index contributed by atoms with van der Waals surface area (Å²) >= 11 is 0. The molecule has 182 valence electrons. The van der Waals surface area contributed by atoms with E-state index in [2.05, 4.69) is 15.3 Å². The van der Waals surface area contributed by atoms with E-state index in [1.54, 1.807) is 24.3 Å². The summed E-state index contributed by atoms with van der Waals surface area (Å²) in [6.07, 6.45) is 1.48.